The quantitative estimate of drug-likeness (QED) is 0.679. The van der Waals surface area contributed by atoms with Gasteiger partial charge >= 0.3 is 0 Å². The Morgan fingerprint density at radius 3 is 2.32 bits per heavy atom. The number of rotatable bonds is 2. The van der Waals surface area contributed by atoms with Gasteiger partial charge in [-0.1, -0.05) is 18.2 Å². The fourth-order valence-corrected chi connectivity index (χ4v) is 2.47. The van der Waals surface area contributed by atoms with Gasteiger partial charge in [0, 0.05) is 12.6 Å². The largest absolute Gasteiger partial charge is 0.508 e. The van der Waals surface area contributed by atoms with Gasteiger partial charge in [0.15, 0.2) is 0 Å². The Labute approximate surface area is 127 Å². The summed E-state index contributed by atoms with van der Waals surface area (Å²) < 4.78 is 0. The minimum atomic E-state index is -0.247. The number of nitrogens with one attached hydrogen (secondary N) is 1. The Morgan fingerprint density at radius 2 is 1.55 bits per heavy atom. The smallest absolute Gasteiger partial charge is 0.251 e. The molecule has 0 unspecified atom stereocenters. The van der Waals surface area contributed by atoms with Crippen LogP contribution in [0.5, 0.6) is 11.5 Å². The lowest BCUT2D eigenvalue weighted by Crippen LogP contribution is -2.17. The van der Waals surface area contributed by atoms with Crippen LogP contribution in [0.25, 0.3) is 21.9 Å². The Hall–Kier alpha value is -3.01. The molecule has 3 aromatic rings. The van der Waals surface area contributed by atoms with Gasteiger partial charge in [0.1, 0.15) is 11.5 Å². The number of carbonyl (C=O) groups is 1. The van der Waals surface area contributed by atoms with E-state index in [1.807, 2.05) is 24.3 Å². The molecule has 4 heteroatoms. The van der Waals surface area contributed by atoms with Gasteiger partial charge in [-0.2, -0.15) is 0 Å². The SMILES string of the molecule is CNC(=O)c1cc(O)cc(-c2ccc3cc(O)ccc3c2)c1. The second kappa shape index (κ2) is 5.41. The van der Waals surface area contributed by atoms with Gasteiger partial charge in [-0.25, -0.2) is 0 Å². The fraction of sp³-hybridized carbons (Fsp3) is 0.0556. The van der Waals surface area contributed by atoms with Gasteiger partial charge in [0.2, 0.25) is 0 Å². The van der Waals surface area contributed by atoms with E-state index in [2.05, 4.69) is 5.32 Å². The maximum absolute atomic E-state index is 11.7. The van der Waals surface area contributed by atoms with Crippen molar-refractivity contribution in [3.8, 4) is 22.6 Å². The standard InChI is InChI=1S/C18H15NO3/c1-19-18(22)15-7-14(9-17(21)10-15)12-2-3-13-8-16(20)5-4-11(13)6-12/h2-10,20-21H,1H3,(H,19,22). The van der Waals surface area contributed by atoms with E-state index in [-0.39, 0.29) is 17.4 Å². The van der Waals surface area contributed by atoms with E-state index >= 15 is 0 Å². The molecule has 0 aliphatic rings. The van der Waals surface area contributed by atoms with E-state index in [4.69, 9.17) is 0 Å². The maximum atomic E-state index is 11.7. The Balaban J connectivity index is 2.12. The van der Waals surface area contributed by atoms with Crippen molar-refractivity contribution in [1.82, 2.24) is 5.32 Å². The molecule has 0 aliphatic carbocycles. The molecular formula is C18H15NO3. The van der Waals surface area contributed by atoms with E-state index in [1.54, 1.807) is 31.3 Å². The van der Waals surface area contributed by atoms with Gasteiger partial charge in [0.25, 0.3) is 5.91 Å². The van der Waals surface area contributed by atoms with Crippen LogP contribution in [0.3, 0.4) is 0 Å². The van der Waals surface area contributed by atoms with Crippen molar-refractivity contribution in [3.05, 3.63) is 60.2 Å². The van der Waals surface area contributed by atoms with Crippen molar-refractivity contribution in [2.24, 2.45) is 0 Å². The molecule has 0 atom stereocenters. The molecular weight excluding hydrogens is 278 g/mol. The summed E-state index contributed by atoms with van der Waals surface area (Å²) in [6.07, 6.45) is 0. The first kappa shape index (κ1) is 13.9. The average Bonchev–Trinajstić information content (AvgIpc) is 2.53. The third kappa shape index (κ3) is 2.59. The molecule has 0 bridgehead atoms. The van der Waals surface area contributed by atoms with Gasteiger partial charge in [-0.3, -0.25) is 4.79 Å². The van der Waals surface area contributed by atoms with Crippen molar-refractivity contribution in [1.29, 1.82) is 0 Å². The van der Waals surface area contributed by atoms with Gasteiger partial charge in [0.05, 0.1) is 0 Å². The maximum Gasteiger partial charge on any atom is 0.251 e. The van der Waals surface area contributed by atoms with E-state index < -0.39 is 0 Å². The lowest BCUT2D eigenvalue weighted by Gasteiger charge is -2.08. The van der Waals surface area contributed by atoms with E-state index in [0.29, 0.717) is 5.56 Å². The predicted molar refractivity (Wildman–Crippen MR) is 86.1 cm³/mol. The van der Waals surface area contributed by atoms with E-state index in [0.717, 1.165) is 21.9 Å². The molecule has 0 heterocycles. The number of hydrogen-bond acceptors (Lipinski definition) is 3. The summed E-state index contributed by atoms with van der Waals surface area (Å²) in [5.41, 5.74) is 2.05. The molecule has 22 heavy (non-hydrogen) atoms. The number of phenolic OH excluding ortho intramolecular Hbond substituents is 2. The van der Waals surface area contributed by atoms with Crippen molar-refractivity contribution >= 4 is 16.7 Å². The second-order valence-corrected chi connectivity index (χ2v) is 5.09. The summed E-state index contributed by atoms with van der Waals surface area (Å²) in [5, 5.41) is 23.8. The number of hydrogen-bond donors (Lipinski definition) is 3. The highest BCUT2D eigenvalue weighted by Crippen LogP contribution is 2.29. The van der Waals surface area contributed by atoms with Crippen molar-refractivity contribution in [3.63, 3.8) is 0 Å². The highest BCUT2D eigenvalue weighted by molar-refractivity contribution is 5.96. The summed E-state index contributed by atoms with van der Waals surface area (Å²) in [6, 6.07) is 15.7. The van der Waals surface area contributed by atoms with Gasteiger partial charge < -0.3 is 15.5 Å². The van der Waals surface area contributed by atoms with Gasteiger partial charge in [-0.15, -0.1) is 0 Å². The molecule has 110 valence electrons. The van der Waals surface area contributed by atoms with Crippen LogP contribution in [0.4, 0.5) is 0 Å². The minimum absolute atomic E-state index is 0.0434. The first-order valence-electron chi connectivity index (χ1n) is 6.86. The highest BCUT2D eigenvalue weighted by atomic mass is 16.3. The lowest BCUT2D eigenvalue weighted by molar-refractivity contribution is 0.0962. The molecule has 3 rings (SSSR count). The first-order valence-corrected chi connectivity index (χ1v) is 6.86. The van der Waals surface area contributed by atoms with Crippen LogP contribution in [0, 0.1) is 0 Å². The topological polar surface area (TPSA) is 69.6 Å². The molecule has 4 nitrogen and oxygen atoms in total. The summed E-state index contributed by atoms with van der Waals surface area (Å²) in [5.74, 6) is 0.0178. The van der Waals surface area contributed by atoms with Crippen molar-refractivity contribution in [2.45, 2.75) is 0 Å². The molecule has 0 fully saturated rings. The van der Waals surface area contributed by atoms with Crippen LogP contribution in [0.2, 0.25) is 0 Å². The fourth-order valence-electron chi connectivity index (χ4n) is 2.47. The molecule has 3 N–H and O–H groups in total. The van der Waals surface area contributed by atoms with Crippen LogP contribution in [-0.4, -0.2) is 23.2 Å². The van der Waals surface area contributed by atoms with Crippen LogP contribution in [-0.2, 0) is 0 Å². The Bertz CT molecular complexity index is 871. The van der Waals surface area contributed by atoms with Gasteiger partial charge in [-0.05, 0) is 58.3 Å². The molecule has 0 spiro atoms. The number of fused-ring (bicyclic) bond motifs is 1. The zero-order chi connectivity index (χ0) is 15.7. The Kier molecular flexibility index (Phi) is 3.43. The normalized spacial score (nSPS) is 10.6. The summed E-state index contributed by atoms with van der Waals surface area (Å²) >= 11 is 0. The number of amides is 1. The van der Waals surface area contributed by atoms with Crippen LogP contribution in [0.1, 0.15) is 10.4 Å². The number of carbonyl (C=O) groups excluding carboxylic acids is 1. The monoisotopic (exact) mass is 293 g/mol. The van der Waals surface area contributed by atoms with E-state index in [9.17, 15) is 15.0 Å². The molecule has 0 aromatic heterocycles. The third-order valence-corrected chi connectivity index (χ3v) is 3.56. The number of aromatic hydroxyl groups is 2. The average molecular weight is 293 g/mol. The summed E-state index contributed by atoms with van der Waals surface area (Å²) in [6.45, 7) is 0. The Morgan fingerprint density at radius 1 is 0.818 bits per heavy atom. The molecule has 0 saturated heterocycles. The third-order valence-electron chi connectivity index (χ3n) is 3.56. The van der Waals surface area contributed by atoms with Crippen LogP contribution in [0.15, 0.2) is 54.6 Å². The summed E-state index contributed by atoms with van der Waals surface area (Å²) in [7, 11) is 1.55. The van der Waals surface area contributed by atoms with E-state index in [1.165, 1.54) is 6.07 Å². The number of phenols is 2. The number of benzene rings is 3. The second-order valence-electron chi connectivity index (χ2n) is 5.09. The summed E-state index contributed by atoms with van der Waals surface area (Å²) in [4.78, 5) is 11.7. The van der Waals surface area contributed by atoms with Crippen LogP contribution >= 0.6 is 0 Å². The first-order chi connectivity index (χ1) is 10.6. The zero-order valence-electron chi connectivity index (χ0n) is 12.0. The molecule has 1 amide bonds. The highest BCUT2D eigenvalue weighted by Gasteiger charge is 2.09. The minimum Gasteiger partial charge on any atom is -0.508 e. The lowest BCUT2D eigenvalue weighted by atomic mass is 9.99. The predicted octanol–water partition coefficient (Wildman–Crippen LogP) is 3.28. The van der Waals surface area contributed by atoms with Crippen molar-refractivity contribution < 1.29 is 15.0 Å². The zero-order valence-corrected chi connectivity index (χ0v) is 12.0. The van der Waals surface area contributed by atoms with Crippen LogP contribution < -0.4 is 5.32 Å². The molecule has 3 aromatic carbocycles. The van der Waals surface area contributed by atoms with Crippen molar-refractivity contribution in [2.75, 3.05) is 7.05 Å². The molecule has 0 radical (unpaired) electrons. The molecule has 0 saturated carbocycles. The molecule has 0 aliphatic heterocycles.